The average Bonchev–Trinajstić information content (AvgIpc) is 2.57. The van der Waals surface area contributed by atoms with Crippen molar-refractivity contribution < 1.29 is 4.84 Å². The third kappa shape index (κ3) is 1.46. The van der Waals surface area contributed by atoms with E-state index in [4.69, 9.17) is 4.84 Å². The van der Waals surface area contributed by atoms with Gasteiger partial charge in [0.1, 0.15) is 0 Å². The highest BCUT2D eigenvalue weighted by atomic mass is 127. The van der Waals surface area contributed by atoms with Crippen LogP contribution in [0.4, 0.5) is 0 Å². The summed E-state index contributed by atoms with van der Waals surface area (Å²) in [6, 6.07) is 8.22. The van der Waals surface area contributed by atoms with E-state index in [1.54, 1.807) is 0 Å². The fourth-order valence-electron chi connectivity index (χ4n) is 1.22. The number of oxime groups is 1. The van der Waals surface area contributed by atoms with Crippen molar-refractivity contribution in [3.05, 3.63) is 33.4 Å². The Kier molecular flexibility index (Phi) is 2.30. The van der Waals surface area contributed by atoms with Crippen LogP contribution in [0.3, 0.4) is 0 Å². The molecule has 2 rings (SSSR count). The molecule has 1 aliphatic rings. The lowest BCUT2D eigenvalue weighted by molar-refractivity contribution is 0.0852. The predicted octanol–water partition coefficient (Wildman–Crippen LogP) is 2.74. The molecule has 0 saturated carbocycles. The minimum atomic E-state index is 0.137. The third-order valence-electron chi connectivity index (χ3n) is 1.83. The van der Waals surface area contributed by atoms with Gasteiger partial charge in [-0.1, -0.05) is 23.4 Å². The molecule has 0 N–H and O–H groups in total. The van der Waals surface area contributed by atoms with Crippen molar-refractivity contribution in [1.29, 1.82) is 0 Å². The highest BCUT2D eigenvalue weighted by Crippen LogP contribution is 2.27. The first kappa shape index (κ1) is 8.04. The van der Waals surface area contributed by atoms with E-state index in [-0.39, 0.29) is 6.10 Å². The van der Waals surface area contributed by atoms with Crippen molar-refractivity contribution >= 4 is 28.8 Å². The maximum atomic E-state index is 5.18. The first-order valence-electron chi connectivity index (χ1n) is 3.80. The second-order valence-electron chi connectivity index (χ2n) is 2.64. The van der Waals surface area contributed by atoms with Crippen molar-refractivity contribution in [2.45, 2.75) is 12.5 Å². The zero-order chi connectivity index (χ0) is 8.39. The van der Waals surface area contributed by atoms with Crippen molar-refractivity contribution in [2.75, 3.05) is 0 Å². The molecule has 2 nitrogen and oxygen atoms in total. The number of hydrogen-bond acceptors (Lipinski definition) is 2. The van der Waals surface area contributed by atoms with Crippen LogP contribution in [-0.4, -0.2) is 6.21 Å². The summed E-state index contributed by atoms with van der Waals surface area (Å²) < 4.78 is 1.24. The van der Waals surface area contributed by atoms with E-state index in [0.29, 0.717) is 0 Å². The lowest BCUT2D eigenvalue weighted by Gasteiger charge is -2.09. The molecule has 0 aromatic heterocycles. The Labute approximate surface area is 84.7 Å². The van der Waals surface area contributed by atoms with E-state index in [9.17, 15) is 0 Å². The Morgan fingerprint density at radius 2 is 2.25 bits per heavy atom. The molecule has 0 amide bonds. The van der Waals surface area contributed by atoms with Crippen LogP contribution < -0.4 is 0 Å². The number of benzene rings is 1. The highest BCUT2D eigenvalue weighted by Gasteiger charge is 2.17. The van der Waals surface area contributed by atoms with Crippen molar-refractivity contribution in [3.8, 4) is 0 Å². The summed E-state index contributed by atoms with van der Waals surface area (Å²) in [5.74, 6) is 0. The van der Waals surface area contributed by atoms with Gasteiger partial charge in [-0.25, -0.2) is 0 Å². The van der Waals surface area contributed by atoms with Crippen molar-refractivity contribution in [1.82, 2.24) is 0 Å². The predicted molar refractivity (Wildman–Crippen MR) is 56.1 cm³/mol. The van der Waals surface area contributed by atoms with Crippen molar-refractivity contribution in [3.63, 3.8) is 0 Å². The summed E-state index contributed by atoms with van der Waals surface area (Å²) in [5, 5.41) is 3.75. The van der Waals surface area contributed by atoms with Gasteiger partial charge in [0.25, 0.3) is 0 Å². The highest BCUT2D eigenvalue weighted by molar-refractivity contribution is 14.1. The molecule has 62 valence electrons. The lowest BCUT2D eigenvalue weighted by atomic mass is 10.1. The molecule has 1 aromatic carbocycles. The van der Waals surface area contributed by atoms with Gasteiger partial charge in [-0.3, -0.25) is 0 Å². The van der Waals surface area contributed by atoms with Gasteiger partial charge < -0.3 is 4.84 Å². The SMILES string of the molecule is Ic1ccccc1C1CC=NO1. The fourth-order valence-corrected chi connectivity index (χ4v) is 1.95. The van der Waals surface area contributed by atoms with Gasteiger partial charge in [0, 0.05) is 21.8 Å². The number of nitrogens with zero attached hydrogens (tertiary/aromatic N) is 1. The molecule has 0 aliphatic carbocycles. The van der Waals surface area contributed by atoms with Crippen LogP contribution in [0.5, 0.6) is 0 Å². The standard InChI is InChI=1S/C9H8INO/c10-8-4-2-1-3-7(8)9-5-6-11-12-9/h1-4,6,9H,5H2. The van der Waals surface area contributed by atoms with Crippen LogP contribution in [0.1, 0.15) is 18.1 Å². The molecule has 1 unspecified atom stereocenters. The molecule has 0 radical (unpaired) electrons. The molecule has 1 atom stereocenters. The third-order valence-corrected chi connectivity index (χ3v) is 2.82. The molecule has 0 spiro atoms. The molecule has 1 heterocycles. The number of hydrogen-bond donors (Lipinski definition) is 0. The monoisotopic (exact) mass is 273 g/mol. The zero-order valence-corrected chi connectivity index (χ0v) is 8.56. The number of halogens is 1. The van der Waals surface area contributed by atoms with Crippen LogP contribution in [0.2, 0.25) is 0 Å². The van der Waals surface area contributed by atoms with Crippen LogP contribution in [0, 0.1) is 3.57 Å². The Morgan fingerprint density at radius 3 is 2.92 bits per heavy atom. The van der Waals surface area contributed by atoms with E-state index in [1.807, 2.05) is 18.3 Å². The largest absolute Gasteiger partial charge is 0.388 e. The molecular formula is C9H8INO. The van der Waals surface area contributed by atoms with E-state index in [2.05, 4.69) is 39.9 Å². The first-order chi connectivity index (χ1) is 5.88. The molecule has 1 aliphatic heterocycles. The quantitative estimate of drug-likeness (QED) is 0.721. The molecule has 0 saturated heterocycles. The summed E-state index contributed by atoms with van der Waals surface area (Å²) in [7, 11) is 0. The average molecular weight is 273 g/mol. The Morgan fingerprint density at radius 1 is 1.42 bits per heavy atom. The van der Waals surface area contributed by atoms with E-state index >= 15 is 0 Å². The molecular weight excluding hydrogens is 265 g/mol. The molecule has 3 heteroatoms. The van der Waals surface area contributed by atoms with Gasteiger partial charge in [0.2, 0.25) is 0 Å². The topological polar surface area (TPSA) is 21.6 Å². The first-order valence-corrected chi connectivity index (χ1v) is 4.88. The smallest absolute Gasteiger partial charge is 0.158 e. The van der Waals surface area contributed by atoms with Crippen LogP contribution in [0.25, 0.3) is 0 Å². The normalized spacial score (nSPS) is 20.9. The maximum absolute atomic E-state index is 5.18. The fraction of sp³-hybridized carbons (Fsp3) is 0.222. The molecule has 0 bridgehead atoms. The molecule has 1 aromatic rings. The van der Waals surface area contributed by atoms with E-state index in [0.717, 1.165) is 6.42 Å². The Bertz CT molecular complexity index is 303. The van der Waals surface area contributed by atoms with E-state index < -0.39 is 0 Å². The van der Waals surface area contributed by atoms with Gasteiger partial charge in [0.05, 0.1) is 0 Å². The van der Waals surface area contributed by atoms with Gasteiger partial charge in [-0.2, -0.15) is 0 Å². The maximum Gasteiger partial charge on any atom is 0.158 e. The lowest BCUT2D eigenvalue weighted by Crippen LogP contribution is -1.97. The summed E-state index contributed by atoms with van der Waals surface area (Å²) >= 11 is 2.31. The van der Waals surface area contributed by atoms with Crippen LogP contribution in [0.15, 0.2) is 29.4 Å². The van der Waals surface area contributed by atoms with E-state index in [1.165, 1.54) is 9.13 Å². The minimum absolute atomic E-state index is 0.137. The van der Waals surface area contributed by atoms with Gasteiger partial charge in [-0.05, 0) is 28.7 Å². The summed E-state index contributed by atoms with van der Waals surface area (Å²) in [6.07, 6.45) is 2.84. The second-order valence-corrected chi connectivity index (χ2v) is 3.80. The summed E-state index contributed by atoms with van der Waals surface area (Å²) in [4.78, 5) is 5.18. The zero-order valence-electron chi connectivity index (χ0n) is 6.40. The summed E-state index contributed by atoms with van der Waals surface area (Å²) in [5.41, 5.74) is 1.23. The van der Waals surface area contributed by atoms with Crippen molar-refractivity contribution in [2.24, 2.45) is 5.16 Å². The molecule has 0 fully saturated rings. The van der Waals surface area contributed by atoms with Gasteiger partial charge in [0.15, 0.2) is 6.10 Å². The van der Waals surface area contributed by atoms with Gasteiger partial charge in [-0.15, -0.1) is 0 Å². The summed E-state index contributed by atoms with van der Waals surface area (Å²) in [6.45, 7) is 0. The Balaban J connectivity index is 2.27. The van der Waals surface area contributed by atoms with Crippen LogP contribution >= 0.6 is 22.6 Å². The minimum Gasteiger partial charge on any atom is -0.388 e. The second kappa shape index (κ2) is 3.43. The molecule has 12 heavy (non-hydrogen) atoms. The Hall–Kier alpha value is -0.580. The van der Waals surface area contributed by atoms with Crippen LogP contribution in [-0.2, 0) is 4.84 Å². The van der Waals surface area contributed by atoms with Gasteiger partial charge >= 0.3 is 0 Å². The number of rotatable bonds is 1.